The van der Waals surface area contributed by atoms with Crippen molar-refractivity contribution in [2.45, 2.75) is 66.2 Å². The van der Waals surface area contributed by atoms with E-state index >= 15 is 0 Å². The van der Waals surface area contributed by atoms with E-state index in [0.717, 1.165) is 104 Å². The van der Waals surface area contributed by atoms with E-state index in [9.17, 15) is 9.59 Å². The topological polar surface area (TPSA) is 71.1 Å². The van der Waals surface area contributed by atoms with Gasteiger partial charge in [0.05, 0.1) is 13.2 Å². The number of hydrogen-bond acceptors (Lipinski definition) is 6. The Morgan fingerprint density at radius 1 is 0.479 bits per heavy atom. The first kappa shape index (κ1) is 32.8. The Hall–Kier alpha value is -5.10. The van der Waals surface area contributed by atoms with E-state index < -0.39 is 12.3 Å². The van der Waals surface area contributed by atoms with Crippen molar-refractivity contribution in [3.05, 3.63) is 96.1 Å². The zero-order chi connectivity index (χ0) is 33.6. The lowest BCUT2D eigenvalue weighted by molar-refractivity contribution is 0.0973. The van der Waals surface area contributed by atoms with Gasteiger partial charge in [0.2, 0.25) is 0 Å². The molecule has 0 aliphatic rings. The van der Waals surface area contributed by atoms with E-state index in [1.54, 1.807) is 0 Å². The van der Waals surface area contributed by atoms with Gasteiger partial charge in [-0.1, -0.05) is 124 Å². The maximum absolute atomic E-state index is 13.0. The standard InChI is InChI=1S/C42H42O6/c1-5-7-13-25-45-41(43)47-39-31-21-11-9-19-29(31)37(33-23-15-17-27(3)35(33)39)38-30-20-10-12-22-32(30)40(36-28(4)18-16-24-34(36)38)48-42(44)46-26-14-8-6-2/h9-12,15-24H,5-8,13-14,25-26H2,1-4H3. The molecule has 0 spiro atoms. The predicted octanol–water partition coefficient (Wildman–Crippen LogP) is 12.0. The van der Waals surface area contributed by atoms with Crippen LogP contribution in [-0.2, 0) is 9.47 Å². The summed E-state index contributed by atoms with van der Waals surface area (Å²) in [7, 11) is 0. The Bertz CT molecular complexity index is 1980. The summed E-state index contributed by atoms with van der Waals surface area (Å²) in [4.78, 5) is 26.1. The number of ether oxygens (including phenoxy) is 4. The molecule has 0 amide bonds. The molecule has 0 heterocycles. The van der Waals surface area contributed by atoms with Crippen LogP contribution in [-0.4, -0.2) is 25.5 Å². The maximum Gasteiger partial charge on any atom is 0.513 e. The average molecular weight is 643 g/mol. The summed E-state index contributed by atoms with van der Waals surface area (Å²) in [5.41, 5.74) is 3.97. The monoisotopic (exact) mass is 642 g/mol. The van der Waals surface area contributed by atoms with Crippen molar-refractivity contribution < 1.29 is 28.5 Å². The molecule has 6 rings (SSSR count). The summed E-state index contributed by atoms with van der Waals surface area (Å²) in [6.07, 6.45) is 4.21. The highest BCUT2D eigenvalue weighted by Crippen LogP contribution is 2.51. The minimum Gasteiger partial charge on any atom is -0.434 e. The first-order valence-corrected chi connectivity index (χ1v) is 17.0. The molecule has 0 aliphatic heterocycles. The average Bonchev–Trinajstić information content (AvgIpc) is 3.09. The van der Waals surface area contributed by atoms with E-state index in [4.69, 9.17) is 18.9 Å². The van der Waals surface area contributed by atoms with E-state index in [2.05, 4.69) is 38.1 Å². The van der Waals surface area contributed by atoms with Crippen LogP contribution < -0.4 is 9.47 Å². The van der Waals surface area contributed by atoms with Crippen LogP contribution in [0.3, 0.4) is 0 Å². The quantitative estimate of drug-likeness (QED) is 0.0606. The second kappa shape index (κ2) is 14.8. The van der Waals surface area contributed by atoms with Crippen molar-refractivity contribution in [2.24, 2.45) is 0 Å². The molecule has 0 aliphatic carbocycles. The van der Waals surface area contributed by atoms with E-state index in [1.807, 2.05) is 74.5 Å². The summed E-state index contributed by atoms with van der Waals surface area (Å²) < 4.78 is 23.1. The summed E-state index contributed by atoms with van der Waals surface area (Å²) in [5, 5.41) is 7.05. The first-order chi connectivity index (χ1) is 23.4. The number of hydrogen-bond donors (Lipinski definition) is 0. The molecule has 0 saturated heterocycles. The van der Waals surface area contributed by atoms with Crippen LogP contribution in [0.4, 0.5) is 9.59 Å². The number of fused-ring (bicyclic) bond motifs is 4. The molecule has 6 heteroatoms. The molecule has 0 N–H and O–H groups in total. The van der Waals surface area contributed by atoms with Crippen molar-refractivity contribution >= 4 is 55.4 Å². The Morgan fingerprint density at radius 2 is 0.854 bits per heavy atom. The van der Waals surface area contributed by atoms with E-state index in [1.165, 1.54) is 0 Å². The molecule has 6 aromatic rings. The molecular weight excluding hydrogens is 600 g/mol. The van der Waals surface area contributed by atoms with Crippen molar-refractivity contribution in [3.8, 4) is 22.6 Å². The largest absolute Gasteiger partial charge is 0.513 e. The van der Waals surface area contributed by atoms with Gasteiger partial charge in [-0.25, -0.2) is 9.59 Å². The third-order valence-electron chi connectivity index (χ3n) is 8.98. The van der Waals surface area contributed by atoms with E-state index in [0.29, 0.717) is 24.7 Å². The zero-order valence-corrected chi connectivity index (χ0v) is 28.2. The lowest BCUT2D eigenvalue weighted by Gasteiger charge is -2.22. The van der Waals surface area contributed by atoms with Crippen LogP contribution in [0.5, 0.6) is 11.5 Å². The highest BCUT2D eigenvalue weighted by Gasteiger charge is 2.25. The van der Waals surface area contributed by atoms with Gasteiger partial charge >= 0.3 is 12.3 Å². The molecule has 0 atom stereocenters. The van der Waals surface area contributed by atoms with Gasteiger partial charge in [0.15, 0.2) is 11.5 Å². The molecule has 0 bridgehead atoms. The predicted molar refractivity (Wildman–Crippen MR) is 194 cm³/mol. The van der Waals surface area contributed by atoms with Crippen LogP contribution in [0.2, 0.25) is 0 Å². The second-order valence-electron chi connectivity index (χ2n) is 12.3. The highest BCUT2D eigenvalue weighted by atomic mass is 16.7. The summed E-state index contributed by atoms with van der Waals surface area (Å²) in [6, 6.07) is 28.3. The third-order valence-corrected chi connectivity index (χ3v) is 8.98. The van der Waals surface area contributed by atoms with Gasteiger partial charge in [0.1, 0.15) is 0 Å². The van der Waals surface area contributed by atoms with Gasteiger partial charge in [-0.15, -0.1) is 0 Å². The van der Waals surface area contributed by atoms with Crippen molar-refractivity contribution in [1.29, 1.82) is 0 Å². The summed E-state index contributed by atoms with van der Waals surface area (Å²) in [5.74, 6) is 0.969. The van der Waals surface area contributed by atoms with Gasteiger partial charge in [-0.05, 0) is 70.5 Å². The van der Waals surface area contributed by atoms with Gasteiger partial charge in [0.25, 0.3) is 0 Å². The van der Waals surface area contributed by atoms with Gasteiger partial charge in [-0.2, -0.15) is 0 Å². The van der Waals surface area contributed by atoms with Crippen molar-refractivity contribution in [3.63, 3.8) is 0 Å². The number of aryl methyl sites for hydroxylation is 2. The van der Waals surface area contributed by atoms with Crippen molar-refractivity contribution in [2.75, 3.05) is 13.2 Å². The normalized spacial score (nSPS) is 11.3. The lowest BCUT2D eigenvalue weighted by atomic mass is 9.84. The molecular formula is C42H42O6. The van der Waals surface area contributed by atoms with Gasteiger partial charge in [-0.3, -0.25) is 0 Å². The Labute approximate surface area is 281 Å². The molecule has 6 nitrogen and oxygen atoms in total. The minimum atomic E-state index is -0.705. The smallest absolute Gasteiger partial charge is 0.434 e. The highest BCUT2D eigenvalue weighted by molar-refractivity contribution is 6.27. The van der Waals surface area contributed by atoms with Gasteiger partial charge in [0, 0.05) is 21.5 Å². The number of benzene rings is 6. The Morgan fingerprint density at radius 3 is 1.25 bits per heavy atom. The first-order valence-electron chi connectivity index (χ1n) is 17.0. The van der Waals surface area contributed by atoms with Crippen LogP contribution >= 0.6 is 0 Å². The zero-order valence-electron chi connectivity index (χ0n) is 28.2. The van der Waals surface area contributed by atoms with E-state index in [-0.39, 0.29) is 0 Å². The second-order valence-corrected chi connectivity index (χ2v) is 12.3. The molecule has 0 unspecified atom stereocenters. The number of unbranched alkanes of at least 4 members (excludes halogenated alkanes) is 4. The van der Waals surface area contributed by atoms with Crippen LogP contribution in [0, 0.1) is 13.8 Å². The Kier molecular flexibility index (Phi) is 10.1. The fraction of sp³-hybridized carbons (Fsp3) is 0.286. The fourth-order valence-corrected chi connectivity index (χ4v) is 6.70. The minimum absolute atomic E-state index is 0.317. The van der Waals surface area contributed by atoms with Gasteiger partial charge < -0.3 is 18.9 Å². The summed E-state index contributed by atoms with van der Waals surface area (Å²) >= 11 is 0. The van der Waals surface area contributed by atoms with Crippen LogP contribution in [0.1, 0.15) is 63.5 Å². The lowest BCUT2D eigenvalue weighted by Crippen LogP contribution is -2.13. The SMILES string of the molecule is CCCCCOC(=O)Oc1c2ccccc2c(-c2c3ccccc3c(OC(=O)OCCCCC)c3c(C)cccc23)c2cccc(C)c12. The molecule has 6 aromatic carbocycles. The third kappa shape index (κ3) is 6.40. The fourth-order valence-electron chi connectivity index (χ4n) is 6.70. The number of carbonyl (C=O) groups is 2. The Balaban J connectivity index is 1.61. The summed E-state index contributed by atoms with van der Waals surface area (Å²) in [6.45, 7) is 8.92. The molecule has 0 saturated carbocycles. The molecule has 0 aromatic heterocycles. The molecule has 0 fully saturated rings. The maximum atomic E-state index is 13.0. The molecule has 0 radical (unpaired) electrons. The number of rotatable bonds is 11. The molecule has 246 valence electrons. The van der Waals surface area contributed by atoms with Crippen LogP contribution in [0.25, 0.3) is 54.2 Å². The molecule has 48 heavy (non-hydrogen) atoms. The van der Waals surface area contributed by atoms with Crippen molar-refractivity contribution in [1.82, 2.24) is 0 Å². The number of carbonyl (C=O) groups excluding carboxylic acids is 2. The van der Waals surface area contributed by atoms with Crippen LogP contribution in [0.15, 0.2) is 84.9 Å².